The number of rotatable bonds is 8. The van der Waals surface area contributed by atoms with Gasteiger partial charge in [0.25, 0.3) is 0 Å². The summed E-state index contributed by atoms with van der Waals surface area (Å²) in [5, 5.41) is 8.76. The number of nitrogens with one attached hydrogen (secondary N) is 1. The van der Waals surface area contributed by atoms with Crippen LogP contribution in [-0.2, 0) is 11.2 Å². The first-order valence-electron chi connectivity index (χ1n) is 8.07. The molecule has 3 aromatic rings. The Bertz CT molecular complexity index is 839. The quantitative estimate of drug-likeness (QED) is 0.647. The number of methoxy groups -OCH3 is 2. The zero-order valence-electron chi connectivity index (χ0n) is 14.5. The minimum absolute atomic E-state index is 0.0988. The lowest BCUT2D eigenvalue weighted by atomic mass is 10.2. The zero-order chi connectivity index (χ0) is 18.4. The number of ether oxygens (including phenoxy) is 2. The van der Waals surface area contributed by atoms with Crippen molar-refractivity contribution in [2.45, 2.75) is 19.3 Å². The van der Waals surface area contributed by atoms with Gasteiger partial charge in [-0.3, -0.25) is 4.79 Å². The molecule has 0 aliphatic rings. The second kappa shape index (κ2) is 8.48. The molecule has 1 aromatic carbocycles. The maximum Gasteiger partial charge on any atom is 0.226 e. The van der Waals surface area contributed by atoms with Gasteiger partial charge in [0.1, 0.15) is 11.5 Å². The van der Waals surface area contributed by atoms with E-state index >= 15 is 0 Å². The van der Waals surface area contributed by atoms with E-state index in [1.54, 1.807) is 43.8 Å². The van der Waals surface area contributed by atoms with E-state index in [1.165, 1.54) is 0 Å². The van der Waals surface area contributed by atoms with E-state index in [2.05, 4.69) is 15.5 Å². The number of hydrogen-bond donors (Lipinski definition) is 1. The van der Waals surface area contributed by atoms with Crippen LogP contribution in [0.3, 0.4) is 0 Å². The largest absolute Gasteiger partial charge is 0.497 e. The number of benzene rings is 1. The Morgan fingerprint density at radius 1 is 1.23 bits per heavy atom. The van der Waals surface area contributed by atoms with Crippen LogP contribution in [0.4, 0.5) is 5.69 Å². The van der Waals surface area contributed by atoms with Crippen molar-refractivity contribution in [2.24, 2.45) is 0 Å². The molecule has 2 aromatic heterocycles. The lowest BCUT2D eigenvalue weighted by molar-refractivity contribution is -0.116. The molecular formula is C18H19N3O4S. The predicted octanol–water partition coefficient (Wildman–Crippen LogP) is 3.78. The van der Waals surface area contributed by atoms with Gasteiger partial charge in [0.05, 0.1) is 19.1 Å². The van der Waals surface area contributed by atoms with Crippen molar-refractivity contribution in [3.8, 4) is 22.2 Å². The number of aryl methyl sites for hydroxylation is 1. The fraction of sp³-hybridized carbons (Fsp3) is 0.278. The number of hydrogen-bond acceptors (Lipinski definition) is 7. The fourth-order valence-corrected chi connectivity index (χ4v) is 3.01. The Hall–Kier alpha value is -2.87. The highest BCUT2D eigenvalue weighted by molar-refractivity contribution is 7.13. The van der Waals surface area contributed by atoms with E-state index in [9.17, 15) is 4.79 Å². The van der Waals surface area contributed by atoms with Crippen molar-refractivity contribution in [3.63, 3.8) is 0 Å². The first kappa shape index (κ1) is 17.9. The molecule has 0 saturated carbocycles. The second-order valence-corrected chi connectivity index (χ2v) is 6.44. The molecule has 0 bridgehead atoms. The summed E-state index contributed by atoms with van der Waals surface area (Å²) in [7, 11) is 3.13. The van der Waals surface area contributed by atoms with E-state index < -0.39 is 0 Å². The van der Waals surface area contributed by atoms with Crippen molar-refractivity contribution in [1.29, 1.82) is 0 Å². The summed E-state index contributed by atoms with van der Waals surface area (Å²) in [4.78, 5) is 17.4. The smallest absolute Gasteiger partial charge is 0.226 e. The molecule has 0 aliphatic heterocycles. The molecule has 1 amide bonds. The van der Waals surface area contributed by atoms with Gasteiger partial charge in [-0.2, -0.15) is 4.98 Å². The van der Waals surface area contributed by atoms with Crippen LogP contribution in [0.15, 0.2) is 40.2 Å². The van der Waals surface area contributed by atoms with Gasteiger partial charge in [-0.15, -0.1) is 11.3 Å². The Kier molecular flexibility index (Phi) is 5.85. The molecular weight excluding hydrogens is 354 g/mol. The Morgan fingerprint density at radius 3 is 2.65 bits per heavy atom. The summed E-state index contributed by atoms with van der Waals surface area (Å²) in [6.07, 6.45) is 1.50. The summed E-state index contributed by atoms with van der Waals surface area (Å²) in [6, 6.07) is 9.11. The van der Waals surface area contributed by atoms with E-state index in [0.717, 1.165) is 4.88 Å². The molecule has 3 rings (SSSR count). The third kappa shape index (κ3) is 4.60. The highest BCUT2D eigenvalue weighted by Gasteiger charge is 2.11. The van der Waals surface area contributed by atoms with Gasteiger partial charge in [-0.1, -0.05) is 11.2 Å². The van der Waals surface area contributed by atoms with Crippen LogP contribution < -0.4 is 14.8 Å². The molecule has 136 valence electrons. The molecule has 2 heterocycles. The second-order valence-electron chi connectivity index (χ2n) is 5.49. The summed E-state index contributed by atoms with van der Waals surface area (Å²) >= 11 is 1.56. The van der Waals surface area contributed by atoms with Crippen LogP contribution in [0.2, 0.25) is 0 Å². The zero-order valence-corrected chi connectivity index (χ0v) is 15.3. The Balaban J connectivity index is 1.50. The molecule has 0 radical (unpaired) electrons. The maximum absolute atomic E-state index is 12.1. The van der Waals surface area contributed by atoms with Crippen molar-refractivity contribution < 1.29 is 18.8 Å². The van der Waals surface area contributed by atoms with Crippen LogP contribution in [0, 0.1) is 0 Å². The van der Waals surface area contributed by atoms with E-state index in [4.69, 9.17) is 14.0 Å². The number of anilines is 1. The molecule has 0 aliphatic carbocycles. The Labute approximate surface area is 154 Å². The number of nitrogens with zero attached hydrogens (tertiary/aromatic N) is 2. The summed E-state index contributed by atoms with van der Waals surface area (Å²) in [5.41, 5.74) is 0.629. The van der Waals surface area contributed by atoms with Crippen molar-refractivity contribution in [2.75, 3.05) is 19.5 Å². The van der Waals surface area contributed by atoms with Gasteiger partial charge < -0.3 is 19.3 Å². The van der Waals surface area contributed by atoms with Crippen molar-refractivity contribution >= 4 is 22.9 Å². The average molecular weight is 373 g/mol. The normalized spacial score (nSPS) is 10.5. The molecule has 0 atom stereocenters. The van der Waals surface area contributed by atoms with Crippen LogP contribution in [-0.4, -0.2) is 30.3 Å². The molecule has 0 spiro atoms. The third-order valence-corrected chi connectivity index (χ3v) is 4.51. The molecule has 7 nitrogen and oxygen atoms in total. The van der Waals surface area contributed by atoms with E-state index in [0.29, 0.717) is 48.2 Å². The van der Waals surface area contributed by atoms with Crippen LogP contribution in [0.1, 0.15) is 18.7 Å². The standard InChI is InChI=1S/C18H19N3O4S/c1-23-13-9-12(10-14(11-13)24-2)19-16(22)6-3-7-17-20-18(21-25-17)15-5-4-8-26-15/h4-5,8-11H,3,6-7H2,1-2H3,(H,19,22). The molecule has 0 fully saturated rings. The van der Waals surface area contributed by atoms with Gasteiger partial charge in [0.2, 0.25) is 17.6 Å². The van der Waals surface area contributed by atoms with Crippen LogP contribution >= 0.6 is 11.3 Å². The van der Waals surface area contributed by atoms with E-state index in [1.807, 2.05) is 17.5 Å². The number of carbonyl (C=O) groups excluding carboxylic acids is 1. The maximum atomic E-state index is 12.1. The van der Waals surface area contributed by atoms with Gasteiger partial charge in [-0.25, -0.2) is 0 Å². The first-order valence-corrected chi connectivity index (χ1v) is 8.95. The Morgan fingerprint density at radius 2 is 2.00 bits per heavy atom. The number of thiophene rings is 1. The van der Waals surface area contributed by atoms with Crippen LogP contribution in [0.5, 0.6) is 11.5 Å². The van der Waals surface area contributed by atoms with Gasteiger partial charge in [0, 0.05) is 36.7 Å². The highest BCUT2D eigenvalue weighted by Crippen LogP contribution is 2.26. The number of amides is 1. The SMILES string of the molecule is COc1cc(NC(=O)CCCc2nc(-c3cccs3)no2)cc(OC)c1. The van der Waals surface area contributed by atoms with Crippen molar-refractivity contribution in [3.05, 3.63) is 41.6 Å². The van der Waals surface area contributed by atoms with Gasteiger partial charge >= 0.3 is 0 Å². The molecule has 0 saturated heterocycles. The lowest BCUT2D eigenvalue weighted by Gasteiger charge is -2.09. The first-order chi connectivity index (χ1) is 12.7. The predicted molar refractivity (Wildman–Crippen MR) is 98.7 cm³/mol. The third-order valence-electron chi connectivity index (χ3n) is 3.64. The number of aromatic nitrogens is 2. The molecule has 0 unspecified atom stereocenters. The van der Waals surface area contributed by atoms with Crippen LogP contribution in [0.25, 0.3) is 10.7 Å². The lowest BCUT2D eigenvalue weighted by Crippen LogP contribution is -2.11. The molecule has 8 heteroatoms. The topological polar surface area (TPSA) is 86.5 Å². The average Bonchev–Trinajstić information content (AvgIpc) is 3.32. The molecule has 26 heavy (non-hydrogen) atoms. The molecule has 1 N–H and O–H groups in total. The van der Waals surface area contributed by atoms with E-state index in [-0.39, 0.29) is 5.91 Å². The minimum atomic E-state index is -0.0988. The number of carbonyl (C=O) groups is 1. The van der Waals surface area contributed by atoms with Gasteiger partial charge in [-0.05, 0) is 17.9 Å². The van der Waals surface area contributed by atoms with Gasteiger partial charge in [0.15, 0.2) is 0 Å². The fourth-order valence-electron chi connectivity index (χ4n) is 2.37. The highest BCUT2D eigenvalue weighted by atomic mass is 32.1. The summed E-state index contributed by atoms with van der Waals surface area (Å²) < 4.78 is 15.6. The minimum Gasteiger partial charge on any atom is -0.497 e. The summed E-state index contributed by atoms with van der Waals surface area (Å²) in [6.45, 7) is 0. The summed E-state index contributed by atoms with van der Waals surface area (Å²) in [5.74, 6) is 2.25. The monoisotopic (exact) mass is 373 g/mol. The van der Waals surface area contributed by atoms with Crippen molar-refractivity contribution in [1.82, 2.24) is 10.1 Å².